The third-order valence-electron chi connectivity index (χ3n) is 1.80. The number of allylic oxidation sites excluding steroid dienone is 1. The van der Waals surface area contributed by atoms with Crippen LogP contribution in [0.4, 0.5) is 0 Å². The maximum absolute atomic E-state index is 10.6. The summed E-state index contributed by atoms with van der Waals surface area (Å²) in [6.07, 6.45) is 3.54. The van der Waals surface area contributed by atoms with Gasteiger partial charge >= 0.3 is 0 Å². The monoisotopic (exact) mass is 155 g/mol. The van der Waals surface area contributed by atoms with E-state index in [0.29, 0.717) is 6.04 Å². The second kappa shape index (κ2) is 5.08. The lowest BCUT2D eigenvalue weighted by Gasteiger charge is -2.19. The fourth-order valence-corrected chi connectivity index (χ4v) is 0.710. The average molecular weight is 155 g/mol. The van der Waals surface area contributed by atoms with Crippen molar-refractivity contribution in [1.82, 2.24) is 4.90 Å². The first-order valence-corrected chi connectivity index (χ1v) is 3.97. The van der Waals surface area contributed by atoms with E-state index in [4.69, 9.17) is 0 Å². The number of hydrogen-bond donors (Lipinski definition) is 0. The van der Waals surface area contributed by atoms with Crippen LogP contribution < -0.4 is 0 Å². The maximum Gasteiger partial charge on any atom is 0.152 e. The molecule has 0 rings (SSSR count). The van der Waals surface area contributed by atoms with Crippen LogP contribution in [0, 0.1) is 0 Å². The zero-order valence-corrected chi connectivity index (χ0v) is 7.79. The molecular formula is C9H17NO. The molecule has 0 aromatic heterocycles. The van der Waals surface area contributed by atoms with Gasteiger partial charge < -0.3 is 4.90 Å². The summed E-state index contributed by atoms with van der Waals surface area (Å²) in [5, 5.41) is 0. The predicted octanol–water partition coefficient (Wildman–Crippen LogP) is 1.47. The van der Waals surface area contributed by atoms with Crippen LogP contribution in [0.2, 0.25) is 0 Å². The molecule has 0 saturated heterocycles. The van der Waals surface area contributed by atoms with E-state index in [1.807, 2.05) is 13.1 Å². The van der Waals surface area contributed by atoms with Gasteiger partial charge in [-0.3, -0.25) is 4.79 Å². The zero-order valence-electron chi connectivity index (χ0n) is 7.79. The van der Waals surface area contributed by atoms with E-state index >= 15 is 0 Å². The van der Waals surface area contributed by atoms with Gasteiger partial charge in [-0.1, -0.05) is 13.0 Å². The van der Waals surface area contributed by atoms with Crippen molar-refractivity contribution in [3.8, 4) is 0 Å². The van der Waals surface area contributed by atoms with Crippen LogP contribution in [-0.4, -0.2) is 30.3 Å². The highest BCUT2D eigenvalue weighted by Gasteiger charge is 2.01. The molecule has 0 aromatic rings. The molecule has 0 aromatic carbocycles. The number of ketones is 1. The van der Waals surface area contributed by atoms with Crippen LogP contribution in [0.25, 0.3) is 0 Å². The molecular weight excluding hydrogens is 138 g/mol. The molecule has 0 heterocycles. The number of nitrogens with zero attached hydrogens (tertiary/aromatic N) is 1. The quantitative estimate of drug-likeness (QED) is 0.573. The minimum atomic E-state index is 0.112. The first kappa shape index (κ1) is 10.4. The Morgan fingerprint density at radius 3 is 2.55 bits per heavy atom. The Labute approximate surface area is 68.9 Å². The molecule has 64 valence electrons. The van der Waals surface area contributed by atoms with Crippen molar-refractivity contribution < 1.29 is 4.79 Å². The number of likely N-dealkylation sites (N-methyl/N-ethyl adjacent to an activating group) is 1. The highest BCUT2D eigenvalue weighted by Crippen LogP contribution is 1.95. The summed E-state index contributed by atoms with van der Waals surface area (Å²) in [6.45, 7) is 6.74. The van der Waals surface area contributed by atoms with Crippen LogP contribution in [0.15, 0.2) is 12.2 Å². The van der Waals surface area contributed by atoms with Crippen LogP contribution in [0.5, 0.6) is 0 Å². The summed E-state index contributed by atoms with van der Waals surface area (Å²) in [4.78, 5) is 12.7. The molecule has 1 atom stereocenters. The summed E-state index contributed by atoms with van der Waals surface area (Å²) in [5.41, 5.74) is 0. The molecule has 1 unspecified atom stereocenters. The predicted molar refractivity (Wildman–Crippen MR) is 47.6 cm³/mol. The Morgan fingerprint density at radius 2 is 2.18 bits per heavy atom. The smallest absolute Gasteiger partial charge is 0.152 e. The average Bonchev–Trinajstić information content (AvgIpc) is 1.98. The third-order valence-corrected chi connectivity index (χ3v) is 1.80. The summed E-state index contributed by atoms with van der Waals surface area (Å²) in [5.74, 6) is 0.112. The topological polar surface area (TPSA) is 20.3 Å². The molecule has 2 nitrogen and oxygen atoms in total. The summed E-state index contributed by atoms with van der Waals surface area (Å²) < 4.78 is 0. The van der Waals surface area contributed by atoms with Crippen molar-refractivity contribution in [3.63, 3.8) is 0 Å². The van der Waals surface area contributed by atoms with Gasteiger partial charge in [0.15, 0.2) is 5.78 Å². The van der Waals surface area contributed by atoms with Crippen molar-refractivity contribution in [1.29, 1.82) is 0 Å². The molecule has 0 saturated carbocycles. The molecule has 0 N–H and O–H groups in total. The minimum absolute atomic E-state index is 0.112. The molecule has 0 bridgehead atoms. The van der Waals surface area contributed by atoms with Gasteiger partial charge in [-0.25, -0.2) is 0 Å². The molecule has 0 amide bonds. The number of carbonyl (C=O) groups is 1. The van der Waals surface area contributed by atoms with Crippen LogP contribution in [0.1, 0.15) is 20.8 Å². The van der Waals surface area contributed by atoms with Gasteiger partial charge in [0, 0.05) is 6.04 Å². The van der Waals surface area contributed by atoms with Crippen LogP contribution in [0.3, 0.4) is 0 Å². The number of rotatable bonds is 4. The molecule has 0 spiro atoms. The Morgan fingerprint density at radius 1 is 1.64 bits per heavy atom. The van der Waals surface area contributed by atoms with E-state index in [0.717, 1.165) is 6.54 Å². The SMILES string of the molecule is CCN(C)C(C)/C=C/C(C)=O. The van der Waals surface area contributed by atoms with Gasteiger partial charge in [0.25, 0.3) is 0 Å². The molecule has 0 fully saturated rings. The fourth-order valence-electron chi connectivity index (χ4n) is 0.710. The largest absolute Gasteiger partial charge is 0.301 e. The van der Waals surface area contributed by atoms with E-state index in [9.17, 15) is 4.79 Å². The fraction of sp³-hybridized carbons (Fsp3) is 0.667. The van der Waals surface area contributed by atoms with Crippen molar-refractivity contribution in [2.45, 2.75) is 26.8 Å². The lowest BCUT2D eigenvalue weighted by atomic mass is 10.2. The van der Waals surface area contributed by atoms with Gasteiger partial charge in [0.2, 0.25) is 0 Å². The third kappa shape index (κ3) is 4.73. The molecule has 0 aliphatic carbocycles. The second-order valence-electron chi connectivity index (χ2n) is 2.78. The van der Waals surface area contributed by atoms with E-state index < -0.39 is 0 Å². The van der Waals surface area contributed by atoms with E-state index in [1.165, 1.54) is 0 Å². The highest BCUT2D eigenvalue weighted by molar-refractivity contribution is 5.87. The molecule has 0 aliphatic heterocycles. The van der Waals surface area contributed by atoms with Crippen molar-refractivity contribution in [2.75, 3.05) is 13.6 Å². The first-order chi connectivity index (χ1) is 5.07. The Hall–Kier alpha value is -0.630. The van der Waals surface area contributed by atoms with Gasteiger partial charge in [-0.2, -0.15) is 0 Å². The minimum Gasteiger partial charge on any atom is -0.301 e. The lowest BCUT2D eigenvalue weighted by Crippen LogP contribution is -2.26. The standard InChI is InChI=1S/C9H17NO/c1-5-10(4)8(2)6-7-9(3)11/h6-8H,5H2,1-4H3/b7-6+. The maximum atomic E-state index is 10.6. The van der Waals surface area contributed by atoms with Crippen molar-refractivity contribution in [2.24, 2.45) is 0 Å². The number of hydrogen-bond acceptors (Lipinski definition) is 2. The Balaban J connectivity index is 3.85. The zero-order chi connectivity index (χ0) is 8.85. The summed E-state index contributed by atoms with van der Waals surface area (Å²) in [7, 11) is 2.04. The Kier molecular flexibility index (Phi) is 4.79. The second-order valence-corrected chi connectivity index (χ2v) is 2.78. The summed E-state index contributed by atoms with van der Waals surface area (Å²) >= 11 is 0. The number of carbonyl (C=O) groups excluding carboxylic acids is 1. The van der Waals surface area contributed by atoms with Gasteiger partial charge in [0.05, 0.1) is 0 Å². The van der Waals surface area contributed by atoms with Crippen molar-refractivity contribution in [3.05, 3.63) is 12.2 Å². The van der Waals surface area contributed by atoms with Crippen LogP contribution in [-0.2, 0) is 4.79 Å². The van der Waals surface area contributed by atoms with E-state index in [-0.39, 0.29) is 5.78 Å². The molecule has 0 radical (unpaired) electrons. The normalized spacial score (nSPS) is 14.3. The van der Waals surface area contributed by atoms with E-state index in [2.05, 4.69) is 18.7 Å². The molecule has 0 aliphatic rings. The van der Waals surface area contributed by atoms with Crippen LogP contribution >= 0.6 is 0 Å². The van der Waals surface area contributed by atoms with Crippen molar-refractivity contribution >= 4 is 5.78 Å². The Bertz CT molecular complexity index is 152. The molecule has 11 heavy (non-hydrogen) atoms. The van der Waals surface area contributed by atoms with Gasteiger partial charge in [-0.15, -0.1) is 0 Å². The highest BCUT2D eigenvalue weighted by atomic mass is 16.1. The van der Waals surface area contributed by atoms with E-state index in [1.54, 1.807) is 13.0 Å². The summed E-state index contributed by atoms with van der Waals surface area (Å²) in [6, 6.07) is 0.351. The van der Waals surface area contributed by atoms with Gasteiger partial charge in [-0.05, 0) is 33.5 Å². The first-order valence-electron chi connectivity index (χ1n) is 3.97. The lowest BCUT2D eigenvalue weighted by molar-refractivity contribution is -0.112. The van der Waals surface area contributed by atoms with Gasteiger partial charge in [0.1, 0.15) is 0 Å². The molecule has 2 heteroatoms.